The van der Waals surface area contributed by atoms with Gasteiger partial charge in [0.05, 0.1) is 15.9 Å². The minimum atomic E-state index is 0.619. The van der Waals surface area contributed by atoms with Crippen LogP contribution in [0, 0.1) is 3.57 Å². The van der Waals surface area contributed by atoms with E-state index in [1.165, 1.54) is 34.9 Å². The van der Waals surface area contributed by atoms with Gasteiger partial charge in [0.2, 0.25) is 0 Å². The van der Waals surface area contributed by atoms with Crippen LogP contribution in [0.2, 0.25) is 0 Å². The Hall–Kier alpha value is -0.430. The fraction of sp³-hybridized carbons (Fsp3) is 0.714. The highest BCUT2D eigenvalue weighted by atomic mass is 127. The molecule has 5 heteroatoms. The first-order valence-corrected chi connectivity index (χ1v) is 8.13. The van der Waals surface area contributed by atoms with E-state index in [0.29, 0.717) is 12.5 Å². The largest absolute Gasteiger partial charge is 0.384 e. The summed E-state index contributed by atoms with van der Waals surface area (Å²) in [4.78, 5) is 9.42. The Balaban J connectivity index is 2.29. The lowest BCUT2D eigenvalue weighted by atomic mass is 10.0. The SMILES string of the molecule is CCNc1nc(CCOC)nc(C2CCCC2)c1I. The van der Waals surface area contributed by atoms with Gasteiger partial charge in [0.1, 0.15) is 11.6 Å². The molecule has 1 N–H and O–H groups in total. The predicted molar refractivity (Wildman–Crippen MR) is 85.7 cm³/mol. The van der Waals surface area contributed by atoms with Crippen LogP contribution in [0.3, 0.4) is 0 Å². The van der Waals surface area contributed by atoms with Gasteiger partial charge < -0.3 is 10.1 Å². The molecule has 106 valence electrons. The molecule has 1 aliphatic carbocycles. The molecule has 1 aliphatic rings. The average molecular weight is 375 g/mol. The number of methoxy groups -OCH3 is 1. The molecule has 2 rings (SSSR count). The fourth-order valence-electron chi connectivity index (χ4n) is 2.57. The maximum atomic E-state index is 5.14. The van der Waals surface area contributed by atoms with E-state index in [9.17, 15) is 0 Å². The molecule has 19 heavy (non-hydrogen) atoms. The van der Waals surface area contributed by atoms with Gasteiger partial charge in [0.15, 0.2) is 0 Å². The molecule has 4 nitrogen and oxygen atoms in total. The zero-order valence-corrected chi connectivity index (χ0v) is 13.9. The number of halogens is 1. The summed E-state index contributed by atoms with van der Waals surface area (Å²) in [5, 5.41) is 3.36. The Morgan fingerprint density at radius 3 is 2.68 bits per heavy atom. The second-order valence-electron chi connectivity index (χ2n) is 4.94. The number of nitrogens with one attached hydrogen (secondary N) is 1. The molecule has 1 fully saturated rings. The van der Waals surface area contributed by atoms with E-state index < -0.39 is 0 Å². The Labute approximate surface area is 128 Å². The van der Waals surface area contributed by atoms with Gasteiger partial charge in [0.25, 0.3) is 0 Å². The number of hydrogen-bond acceptors (Lipinski definition) is 4. The van der Waals surface area contributed by atoms with Crippen molar-refractivity contribution in [3.8, 4) is 0 Å². The zero-order valence-electron chi connectivity index (χ0n) is 11.7. The van der Waals surface area contributed by atoms with Crippen LogP contribution in [0.5, 0.6) is 0 Å². The minimum Gasteiger partial charge on any atom is -0.384 e. The molecule has 0 saturated heterocycles. The lowest BCUT2D eigenvalue weighted by molar-refractivity contribution is 0.200. The van der Waals surface area contributed by atoms with Gasteiger partial charge in [-0.15, -0.1) is 0 Å². The van der Waals surface area contributed by atoms with Gasteiger partial charge in [-0.3, -0.25) is 0 Å². The molecule has 0 bridgehead atoms. The Kier molecular flexibility index (Phi) is 5.81. The summed E-state index contributed by atoms with van der Waals surface area (Å²) in [5.74, 6) is 2.51. The third kappa shape index (κ3) is 3.78. The van der Waals surface area contributed by atoms with Crippen LogP contribution in [0.1, 0.15) is 50.0 Å². The summed E-state index contributed by atoms with van der Waals surface area (Å²) < 4.78 is 6.34. The molecule has 0 atom stereocenters. The van der Waals surface area contributed by atoms with Crippen LogP contribution < -0.4 is 5.32 Å². The van der Waals surface area contributed by atoms with E-state index in [4.69, 9.17) is 9.72 Å². The number of ether oxygens (including phenoxy) is 1. The second kappa shape index (κ2) is 7.38. The Morgan fingerprint density at radius 1 is 1.32 bits per heavy atom. The number of hydrogen-bond donors (Lipinski definition) is 1. The molecule has 1 heterocycles. The smallest absolute Gasteiger partial charge is 0.143 e. The number of aromatic nitrogens is 2. The van der Waals surface area contributed by atoms with E-state index in [2.05, 4.69) is 39.8 Å². The quantitative estimate of drug-likeness (QED) is 0.775. The van der Waals surface area contributed by atoms with E-state index >= 15 is 0 Å². The van der Waals surface area contributed by atoms with Crippen molar-refractivity contribution in [2.45, 2.75) is 44.9 Å². The first-order valence-electron chi connectivity index (χ1n) is 7.05. The summed E-state index contributed by atoms with van der Waals surface area (Å²) in [6.07, 6.45) is 5.97. The summed E-state index contributed by atoms with van der Waals surface area (Å²) in [6.45, 7) is 3.67. The third-order valence-electron chi connectivity index (χ3n) is 3.54. The van der Waals surface area contributed by atoms with Gasteiger partial charge in [0, 0.05) is 26.0 Å². The molecule has 0 aromatic carbocycles. The third-order valence-corrected chi connectivity index (χ3v) is 4.60. The molecule has 0 spiro atoms. The monoisotopic (exact) mass is 375 g/mol. The normalized spacial score (nSPS) is 15.9. The lowest BCUT2D eigenvalue weighted by Crippen LogP contribution is -2.12. The van der Waals surface area contributed by atoms with E-state index in [1.54, 1.807) is 7.11 Å². The molecule has 0 amide bonds. The van der Waals surface area contributed by atoms with Crippen molar-refractivity contribution in [1.82, 2.24) is 9.97 Å². The maximum absolute atomic E-state index is 5.14. The molecule has 1 aromatic heterocycles. The van der Waals surface area contributed by atoms with Crippen molar-refractivity contribution < 1.29 is 4.74 Å². The van der Waals surface area contributed by atoms with Crippen molar-refractivity contribution in [1.29, 1.82) is 0 Å². The van der Waals surface area contributed by atoms with Crippen LogP contribution in [0.4, 0.5) is 5.82 Å². The summed E-state index contributed by atoms with van der Waals surface area (Å²) in [5.41, 5.74) is 1.25. The highest BCUT2D eigenvalue weighted by molar-refractivity contribution is 14.1. The molecule has 1 aromatic rings. The van der Waals surface area contributed by atoms with Crippen molar-refractivity contribution >= 4 is 28.4 Å². The van der Waals surface area contributed by atoms with Crippen molar-refractivity contribution in [2.75, 3.05) is 25.6 Å². The standard InChI is InChI=1S/C14H22IN3O/c1-3-16-14-12(15)13(10-6-4-5-7-10)17-11(18-14)8-9-19-2/h10H,3-9H2,1-2H3,(H,16,17,18). The highest BCUT2D eigenvalue weighted by Crippen LogP contribution is 2.36. The molecular formula is C14H22IN3O. The second-order valence-corrected chi connectivity index (χ2v) is 6.02. The highest BCUT2D eigenvalue weighted by Gasteiger charge is 2.23. The number of nitrogens with zero attached hydrogens (tertiary/aromatic N) is 2. The summed E-state index contributed by atoms with van der Waals surface area (Å²) in [7, 11) is 1.72. The van der Waals surface area contributed by atoms with Gasteiger partial charge in [-0.05, 0) is 42.4 Å². The maximum Gasteiger partial charge on any atom is 0.143 e. The van der Waals surface area contributed by atoms with Crippen LogP contribution in [0.15, 0.2) is 0 Å². The lowest BCUT2D eigenvalue weighted by Gasteiger charge is -2.16. The molecule has 1 saturated carbocycles. The Bertz CT molecular complexity index is 419. The molecule has 0 aliphatic heterocycles. The molecule has 0 unspecified atom stereocenters. The van der Waals surface area contributed by atoms with Gasteiger partial charge in [-0.25, -0.2) is 9.97 Å². The topological polar surface area (TPSA) is 47.0 Å². The van der Waals surface area contributed by atoms with E-state index in [0.717, 1.165) is 24.6 Å². The molecule has 0 radical (unpaired) electrons. The van der Waals surface area contributed by atoms with Gasteiger partial charge >= 0.3 is 0 Å². The van der Waals surface area contributed by atoms with E-state index in [-0.39, 0.29) is 0 Å². The van der Waals surface area contributed by atoms with Crippen LogP contribution in [-0.2, 0) is 11.2 Å². The number of rotatable bonds is 6. The average Bonchev–Trinajstić information content (AvgIpc) is 2.93. The predicted octanol–water partition coefficient (Wildman–Crippen LogP) is 3.36. The first kappa shape index (κ1) is 15.0. The summed E-state index contributed by atoms with van der Waals surface area (Å²) in [6, 6.07) is 0. The van der Waals surface area contributed by atoms with Gasteiger partial charge in [-0.2, -0.15) is 0 Å². The first-order chi connectivity index (χ1) is 9.26. The number of anilines is 1. The van der Waals surface area contributed by atoms with Crippen molar-refractivity contribution in [2.24, 2.45) is 0 Å². The van der Waals surface area contributed by atoms with Crippen LogP contribution >= 0.6 is 22.6 Å². The summed E-state index contributed by atoms with van der Waals surface area (Å²) >= 11 is 2.39. The van der Waals surface area contributed by atoms with Crippen LogP contribution in [-0.4, -0.2) is 30.2 Å². The van der Waals surface area contributed by atoms with E-state index in [1.807, 2.05) is 0 Å². The van der Waals surface area contributed by atoms with Crippen molar-refractivity contribution in [3.05, 3.63) is 15.1 Å². The molecular weight excluding hydrogens is 353 g/mol. The zero-order chi connectivity index (χ0) is 13.7. The fourth-order valence-corrected chi connectivity index (χ4v) is 3.44. The minimum absolute atomic E-state index is 0.619. The van der Waals surface area contributed by atoms with Crippen molar-refractivity contribution in [3.63, 3.8) is 0 Å². The van der Waals surface area contributed by atoms with Gasteiger partial charge in [-0.1, -0.05) is 12.8 Å². The Morgan fingerprint density at radius 2 is 2.05 bits per heavy atom. The van der Waals surface area contributed by atoms with Crippen LogP contribution in [0.25, 0.3) is 0 Å².